The molecule has 0 saturated carbocycles. The second kappa shape index (κ2) is 5.64. The highest BCUT2D eigenvalue weighted by Gasteiger charge is 2.25. The number of aryl methyl sites for hydroxylation is 1. The van der Waals surface area contributed by atoms with E-state index in [4.69, 9.17) is 4.74 Å². The largest absolute Gasteiger partial charge is 0.444 e. The Morgan fingerprint density at radius 2 is 2.05 bits per heavy atom. The van der Waals surface area contributed by atoms with Gasteiger partial charge >= 0.3 is 6.09 Å². The molecule has 1 fully saturated rings. The van der Waals surface area contributed by atoms with Crippen LogP contribution in [0.15, 0.2) is 0 Å². The molecule has 0 unspecified atom stereocenters. The first-order chi connectivity index (χ1) is 9.35. The average Bonchev–Trinajstić information content (AvgIpc) is 2.74. The Labute approximate surface area is 119 Å². The van der Waals surface area contributed by atoms with Crippen molar-refractivity contribution in [3.05, 3.63) is 0 Å². The van der Waals surface area contributed by atoms with Crippen molar-refractivity contribution in [2.75, 3.05) is 18.0 Å². The van der Waals surface area contributed by atoms with Crippen molar-refractivity contribution < 1.29 is 11.0 Å². The summed E-state index contributed by atoms with van der Waals surface area (Å²) in [5.74, 6) is 0.765. The van der Waals surface area contributed by atoms with Crippen molar-refractivity contribution in [2.24, 2.45) is 7.05 Å². The van der Waals surface area contributed by atoms with Gasteiger partial charge in [0, 0.05) is 27.6 Å². The Hall–Kier alpha value is -1.86. The van der Waals surface area contributed by atoms with Crippen LogP contribution in [0.4, 0.5) is 10.7 Å². The van der Waals surface area contributed by atoms with Crippen LogP contribution in [0.2, 0.25) is 0 Å². The van der Waals surface area contributed by atoms with Crippen LogP contribution >= 0.6 is 0 Å². The second-order valence-corrected chi connectivity index (χ2v) is 6.01. The predicted octanol–water partition coefficient (Wildman–Crippen LogP) is 0.950. The molecule has 0 aliphatic carbocycles. The predicted molar refractivity (Wildman–Crippen MR) is 75.5 cm³/mol. The van der Waals surface area contributed by atoms with Crippen LogP contribution in [-0.2, 0) is 11.8 Å². The quantitative estimate of drug-likeness (QED) is 0.870. The minimum Gasteiger partial charge on any atom is -0.444 e. The van der Waals surface area contributed by atoms with Gasteiger partial charge in [0.15, 0.2) is 0 Å². The highest BCUT2D eigenvalue weighted by Crippen LogP contribution is 2.16. The van der Waals surface area contributed by atoms with Crippen LogP contribution < -0.4 is 10.2 Å². The van der Waals surface area contributed by atoms with E-state index in [-0.39, 0.29) is 13.6 Å². The Balaban J connectivity index is 0.00000220. The van der Waals surface area contributed by atoms with Gasteiger partial charge in [-0.1, -0.05) is 5.10 Å². The van der Waals surface area contributed by atoms with E-state index >= 15 is 0 Å². The third-order valence-electron chi connectivity index (χ3n) is 3.10. The van der Waals surface area contributed by atoms with Gasteiger partial charge in [0.1, 0.15) is 5.60 Å². The van der Waals surface area contributed by atoms with Gasteiger partial charge in [0.05, 0.1) is 0 Å². The molecule has 8 nitrogen and oxygen atoms in total. The van der Waals surface area contributed by atoms with Gasteiger partial charge in [-0.2, -0.15) is 0 Å². The number of tetrazole rings is 1. The SMILES string of the molecule is Cn1nnnc1N1CCC(NC(=O)OC(C)(C)C)CC1.[HH]. The first-order valence-corrected chi connectivity index (χ1v) is 6.82. The summed E-state index contributed by atoms with van der Waals surface area (Å²) in [5.41, 5.74) is -0.463. The van der Waals surface area contributed by atoms with Gasteiger partial charge in [-0.25, -0.2) is 9.48 Å². The van der Waals surface area contributed by atoms with Crippen molar-refractivity contribution in [1.82, 2.24) is 25.5 Å². The summed E-state index contributed by atoms with van der Waals surface area (Å²) in [4.78, 5) is 13.8. The van der Waals surface area contributed by atoms with Crippen molar-refractivity contribution in [2.45, 2.75) is 45.3 Å². The standard InChI is InChI=1S/C12H22N6O2.H2/c1-12(2,3)20-11(19)13-9-5-7-18(8-6-9)10-14-15-16-17(10)4;/h9H,5-8H2,1-4H3,(H,13,19);1H. The van der Waals surface area contributed by atoms with E-state index in [0.717, 1.165) is 31.9 Å². The molecule has 1 N–H and O–H groups in total. The minimum atomic E-state index is -0.463. The van der Waals surface area contributed by atoms with Crippen molar-refractivity contribution in [3.8, 4) is 0 Å². The van der Waals surface area contributed by atoms with Gasteiger partial charge in [-0.05, 0) is 44.0 Å². The molecule has 1 aromatic rings. The molecule has 114 valence electrons. The van der Waals surface area contributed by atoms with Crippen LogP contribution in [0, 0.1) is 0 Å². The Kier molecular flexibility index (Phi) is 4.10. The number of hydrogen-bond donors (Lipinski definition) is 1. The summed E-state index contributed by atoms with van der Waals surface area (Å²) >= 11 is 0. The molecule has 1 aliphatic heterocycles. The zero-order valence-electron chi connectivity index (χ0n) is 12.5. The summed E-state index contributed by atoms with van der Waals surface area (Å²) in [5, 5.41) is 14.4. The topological polar surface area (TPSA) is 85.2 Å². The maximum Gasteiger partial charge on any atom is 0.407 e. The lowest BCUT2D eigenvalue weighted by molar-refractivity contribution is 0.0497. The first kappa shape index (κ1) is 14.5. The van der Waals surface area contributed by atoms with E-state index in [1.807, 2.05) is 27.8 Å². The number of carbonyl (C=O) groups excluding carboxylic acids is 1. The Morgan fingerprint density at radius 1 is 1.40 bits per heavy atom. The maximum atomic E-state index is 11.7. The zero-order valence-corrected chi connectivity index (χ0v) is 12.5. The van der Waals surface area contributed by atoms with Crippen LogP contribution in [0.5, 0.6) is 0 Å². The lowest BCUT2D eigenvalue weighted by Crippen LogP contribution is -2.46. The Morgan fingerprint density at radius 3 is 2.55 bits per heavy atom. The zero-order chi connectivity index (χ0) is 14.8. The van der Waals surface area contributed by atoms with E-state index in [1.54, 1.807) is 4.68 Å². The summed E-state index contributed by atoms with van der Waals surface area (Å²) < 4.78 is 6.91. The van der Waals surface area contributed by atoms with Crippen LogP contribution in [0.1, 0.15) is 35.0 Å². The summed E-state index contributed by atoms with van der Waals surface area (Å²) in [7, 11) is 1.82. The van der Waals surface area contributed by atoms with Gasteiger partial charge in [-0.15, -0.1) is 0 Å². The summed E-state index contributed by atoms with van der Waals surface area (Å²) in [6.07, 6.45) is 1.36. The van der Waals surface area contributed by atoms with E-state index in [1.165, 1.54) is 0 Å². The molecular formula is C12H24N6O2. The van der Waals surface area contributed by atoms with Crippen molar-refractivity contribution in [1.29, 1.82) is 0 Å². The molecule has 2 rings (SSSR count). The van der Waals surface area contributed by atoms with E-state index in [2.05, 4.69) is 25.7 Å². The first-order valence-electron chi connectivity index (χ1n) is 6.82. The third kappa shape index (κ3) is 3.82. The molecule has 0 atom stereocenters. The molecule has 2 heterocycles. The van der Waals surface area contributed by atoms with Crippen molar-refractivity contribution >= 4 is 12.0 Å². The highest BCUT2D eigenvalue weighted by atomic mass is 16.6. The number of ether oxygens (including phenoxy) is 1. The molecular weight excluding hydrogens is 260 g/mol. The fraction of sp³-hybridized carbons (Fsp3) is 0.833. The third-order valence-corrected chi connectivity index (χ3v) is 3.10. The lowest BCUT2D eigenvalue weighted by atomic mass is 10.1. The van der Waals surface area contributed by atoms with Gasteiger partial charge in [0.2, 0.25) is 5.95 Å². The molecule has 8 heteroatoms. The molecule has 20 heavy (non-hydrogen) atoms. The van der Waals surface area contributed by atoms with Gasteiger partial charge < -0.3 is 15.0 Å². The maximum absolute atomic E-state index is 11.7. The summed E-state index contributed by atoms with van der Waals surface area (Å²) in [6, 6.07) is 0.141. The van der Waals surface area contributed by atoms with E-state index in [0.29, 0.717) is 0 Å². The number of amides is 1. The minimum absolute atomic E-state index is 0. The summed E-state index contributed by atoms with van der Waals surface area (Å²) in [6.45, 7) is 7.20. The molecule has 0 bridgehead atoms. The van der Waals surface area contributed by atoms with E-state index in [9.17, 15) is 4.79 Å². The monoisotopic (exact) mass is 284 g/mol. The van der Waals surface area contributed by atoms with Crippen LogP contribution in [0.25, 0.3) is 0 Å². The molecule has 1 aliphatic rings. The molecule has 0 spiro atoms. The molecule has 0 radical (unpaired) electrons. The number of rotatable bonds is 2. The Bertz CT molecular complexity index is 465. The molecule has 0 aromatic carbocycles. The number of aromatic nitrogens is 4. The van der Waals surface area contributed by atoms with Gasteiger partial charge in [0.25, 0.3) is 0 Å². The van der Waals surface area contributed by atoms with Gasteiger partial charge in [-0.3, -0.25) is 0 Å². The smallest absolute Gasteiger partial charge is 0.407 e. The van der Waals surface area contributed by atoms with E-state index < -0.39 is 5.60 Å². The van der Waals surface area contributed by atoms with Crippen molar-refractivity contribution in [3.63, 3.8) is 0 Å². The highest BCUT2D eigenvalue weighted by molar-refractivity contribution is 5.68. The number of hydrogen-bond acceptors (Lipinski definition) is 6. The second-order valence-electron chi connectivity index (χ2n) is 6.01. The van der Waals surface area contributed by atoms with Crippen LogP contribution in [-0.4, -0.2) is 51.0 Å². The number of nitrogens with one attached hydrogen (secondary N) is 1. The number of alkyl carbamates (subject to hydrolysis) is 1. The number of piperidine rings is 1. The molecule has 1 saturated heterocycles. The number of carbonyl (C=O) groups is 1. The average molecular weight is 284 g/mol. The number of anilines is 1. The fourth-order valence-corrected chi connectivity index (χ4v) is 2.19. The molecule has 1 aromatic heterocycles. The van der Waals surface area contributed by atoms with Crippen LogP contribution in [0.3, 0.4) is 0 Å². The molecule has 1 amide bonds. The number of nitrogens with zero attached hydrogens (tertiary/aromatic N) is 5. The lowest BCUT2D eigenvalue weighted by Gasteiger charge is -2.32. The normalized spacial score (nSPS) is 17.1. The fourth-order valence-electron chi connectivity index (χ4n) is 2.19.